The molecule has 1 aliphatic rings. The zero-order valence-electron chi connectivity index (χ0n) is 25.2. The van der Waals surface area contributed by atoms with Crippen molar-refractivity contribution < 1.29 is 56.2 Å². The van der Waals surface area contributed by atoms with E-state index in [-0.39, 0.29) is 19.6 Å². The van der Waals surface area contributed by atoms with Crippen molar-refractivity contribution in [2.24, 2.45) is 0 Å². The van der Waals surface area contributed by atoms with E-state index in [2.05, 4.69) is 59.7 Å². The molecule has 1 aliphatic heterocycles. The Morgan fingerprint density at radius 1 is 0.907 bits per heavy atom. The van der Waals surface area contributed by atoms with Gasteiger partial charge in [-0.2, -0.15) is 8.42 Å². The SMILES string of the molecule is CC/C=C\C/C=C\C/C=C\C/C=C\CCCOCC(COC1OC(CO)C(O)C(OS(=O)(=O)O)C1O)OC(=O)CCCC. The maximum atomic E-state index is 12.2. The molecule has 0 radical (unpaired) electrons. The maximum absolute atomic E-state index is 12.2. The number of esters is 1. The molecule has 6 atom stereocenters. The van der Waals surface area contributed by atoms with Crippen LogP contribution in [0.3, 0.4) is 0 Å². The minimum Gasteiger partial charge on any atom is -0.457 e. The number of aliphatic hydroxyl groups excluding tert-OH is 3. The van der Waals surface area contributed by atoms with E-state index < -0.39 is 59.8 Å². The molecule has 0 aromatic rings. The second-order valence-corrected chi connectivity index (χ2v) is 11.0. The number of aliphatic hydroxyl groups is 3. The first-order chi connectivity index (χ1) is 20.6. The molecule has 12 nitrogen and oxygen atoms in total. The van der Waals surface area contributed by atoms with Crippen LogP contribution in [0.2, 0.25) is 0 Å². The van der Waals surface area contributed by atoms with Crippen molar-refractivity contribution in [2.45, 2.75) is 108 Å². The first-order valence-corrected chi connectivity index (χ1v) is 16.3. The summed E-state index contributed by atoms with van der Waals surface area (Å²) in [6.07, 6.45) is 14.6. The van der Waals surface area contributed by atoms with E-state index in [0.717, 1.165) is 44.9 Å². The normalized spacial score (nSPS) is 24.1. The lowest BCUT2D eigenvalue weighted by molar-refractivity contribution is -0.301. The standard InChI is InChI=1S/C30H50O12S/c1-3-5-7-8-9-10-11-12-13-14-15-16-17-18-20-38-22-24(40-26(32)19-6-4-2)23-39-30-28(34)29(42-43(35,36)37)27(33)25(21-31)41-30/h5,7,9-10,12-13,15-16,24-25,27-31,33-34H,3-4,6,8,11,14,17-23H2,1-2H3,(H,35,36,37)/b7-5-,10-9-,13-12-,16-15-. The average Bonchev–Trinajstić information content (AvgIpc) is 2.96. The summed E-state index contributed by atoms with van der Waals surface area (Å²) in [5.74, 6) is -0.458. The van der Waals surface area contributed by atoms with Gasteiger partial charge in [-0.05, 0) is 44.9 Å². The van der Waals surface area contributed by atoms with E-state index in [4.69, 9.17) is 23.5 Å². The van der Waals surface area contributed by atoms with Crippen LogP contribution in [-0.4, -0.2) is 97.5 Å². The first-order valence-electron chi connectivity index (χ1n) is 14.9. The number of hydrogen-bond donors (Lipinski definition) is 4. The Bertz CT molecular complexity index is 962. The van der Waals surface area contributed by atoms with Gasteiger partial charge in [0, 0.05) is 13.0 Å². The fraction of sp³-hybridized carbons (Fsp3) is 0.700. The van der Waals surface area contributed by atoms with Gasteiger partial charge in [0.25, 0.3) is 0 Å². The molecular formula is C30H50O12S. The van der Waals surface area contributed by atoms with Crippen molar-refractivity contribution in [2.75, 3.05) is 26.4 Å². The molecule has 0 spiro atoms. The van der Waals surface area contributed by atoms with E-state index >= 15 is 0 Å². The minimum atomic E-state index is -5.05. The van der Waals surface area contributed by atoms with Crippen LogP contribution >= 0.6 is 0 Å². The molecule has 0 aliphatic carbocycles. The third kappa shape index (κ3) is 18.5. The molecule has 0 saturated carbocycles. The fourth-order valence-electron chi connectivity index (χ4n) is 3.94. The van der Waals surface area contributed by atoms with Crippen molar-refractivity contribution in [3.8, 4) is 0 Å². The van der Waals surface area contributed by atoms with E-state index in [1.54, 1.807) is 0 Å². The largest absolute Gasteiger partial charge is 0.457 e. The summed E-state index contributed by atoms with van der Waals surface area (Å²) in [4.78, 5) is 12.2. The molecule has 248 valence electrons. The molecule has 6 unspecified atom stereocenters. The molecule has 4 N–H and O–H groups in total. The summed E-state index contributed by atoms with van der Waals surface area (Å²) < 4.78 is 57.7. The predicted octanol–water partition coefficient (Wildman–Crippen LogP) is 3.33. The molecule has 0 amide bonds. The third-order valence-electron chi connectivity index (χ3n) is 6.22. The molecule has 0 aromatic carbocycles. The molecule has 0 aromatic heterocycles. The van der Waals surface area contributed by atoms with E-state index in [0.29, 0.717) is 13.0 Å². The number of carbonyl (C=O) groups is 1. The highest BCUT2D eigenvalue weighted by Gasteiger charge is 2.48. The molecule has 0 bridgehead atoms. The minimum absolute atomic E-state index is 0.00805. The van der Waals surface area contributed by atoms with Gasteiger partial charge in [-0.1, -0.05) is 68.9 Å². The summed E-state index contributed by atoms with van der Waals surface area (Å²) in [6.45, 7) is 3.38. The molecular weight excluding hydrogens is 584 g/mol. The van der Waals surface area contributed by atoms with Gasteiger partial charge in [0.2, 0.25) is 0 Å². The summed E-state index contributed by atoms with van der Waals surface area (Å²) in [5, 5.41) is 30.1. The Labute approximate surface area is 256 Å². The van der Waals surface area contributed by atoms with Crippen molar-refractivity contribution in [3.05, 3.63) is 48.6 Å². The lowest BCUT2D eigenvalue weighted by atomic mass is 9.99. The van der Waals surface area contributed by atoms with Crippen LogP contribution in [0.1, 0.15) is 71.6 Å². The van der Waals surface area contributed by atoms with Gasteiger partial charge in [0.05, 0.1) is 19.8 Å². The fourth-order valence-corrected chi connectivity index (χ4v) is 4.45. The average molecular weight is 635 g/mol. The Balaban J connectivity index is 2.52. The highest BCUT2D eigenvalue weighted by atomic mass is 32.3. The molecule has 43 heavy (non-hydrogen) atoms. The first kappa shape index (κ1) is 39.1. The van der Waals surface area contributed by atoms with Crippen molar-refractivity contribution in [1.29, 1.82) is 0 Å². The van der Waals surface area contributed by atoms with Crippen LogP contribution in [0.5, 0.6) is 0 Å². The van der Waals surface area contributed by atoms with Crippen molar-refractivity contribution in [3.63, 3.8) is 0 Å². The van der Waals surface area contributed by atoms with E-state index in [9.17, 15) is 28.5 Å². The summed E-state index contributed by atoms with van der Waals surface area (Å²) in [6, 6.07) is 0. The lowest BCUT2D eigenvalue weighted by Gasteiger charge is -2.41. The summed E-state index contributed by atoms with van der Waals surface area (Å²) >= 11 is 0. The molecule has 1 heterocycles. The number of ether oxygens (including phenoxy) is 4. The predicted molar refractivity (Wildman–Crippen MR) is 160 cm³/mol. The van der Waals surface area contributed by atoms with Gasteiger partial charge >= 0.3 is 16.4 Å². The van der Waals surface area contributed by atoms with E-state index in [1.165, 1.54) is 0 Å². The van der Waals surface area contributed by atoms with Gasteiger partial charge in [-0.15, -0.1) is 0 Å². The zero-order valence-corrected chi connectivity index (χ0v) is 26.1. The van der Waals surface area contributed by atoms with Crippen LogP contribution in [0.25, 0.3) is 0 Å². The second-order valence-electron chi connectivity index (χ2n) is 9.96. The molecule has 1 rings (SSSR count). The van der Waals surface area contributed by atoms with Crippen LogP contribution in [0.4, 0.5) is 0 Å². The smallest absolute Gasteiger partial charge is 0.397 e. The van der Waals surface area contributed by atoms with Crippen LogP contribution < -0.4 is 0 Å². The maximum Gasteiger partial charge on any atom is 0.397 e. The second kappa shape index (κ2) is 23.4. The lowest BCUT2D eigenvalue weighted by Crippen LogP contribution is -2.60. The number of carbonyl (C=O) groups excluding carboxylic acids is 1. The van der Waals surface area contributed by atoms with Gasteiger partial charge < -0.3 is 34.3 Å². The molecule has 1 fully saturated rings. The van der Waals surface area contributed by atoms with Gasteiger partial charge in [-0.25, -0.2) is 4.18 Å². The Kier molecular flexibility index (Phi) is 21.3. The van der Waals surface area contributed by atoms with Gasteiger partial charge in [-0.3, -0.25) is 9.35 Å². The van der Waals surface area contributed by atoms with E-state index in [1.807, 2.05) is 6.92 Å². The van der Waals surface area contributed by atoms with Crippen LogP contribution in [0, 0.1) is 0 Å². The molecule has 13 heteroatoms. The van der Waals surface area contributed by atoms with Gasteiger partial charge in [0.1, 0.15) is 30.5 Å². The Hall–Kier alpha value is -1.94. The summed E-state index contributed by atoms with van der Waals surface area (Å²) in [7, 11) is -5.05. The molecule has 1 saturated heterocycles. The highest BCUT2D eigenvalue weighted by Crippen LogP contribution is 2.25. The van der Waals surface area contributed by atoms with Crippen molar-refractivity contribution >= 4 is 16.4 Å². The third-order valence-corrected chi connectivity index (χ3v) is 6.68. The van der Waals surface area contributed by atoms with Crippen molar-refractivity contribution in [1.82, 2.24) is 0 Å². The number of hydrogen-bond acceptors (Lipinski definition) is 11. The van der Waals surface area contributed by atoms with Crippen LogP contribution in [0.15, 0.2) is 48.6 Å². The Morgan fingerprint density at radius 2 is 1.53 bits per heavy atom. The highest BCUT2D eigenvalue weighted by molar-refractivity contribution is 7.80. The monoisotopic (exact) mass is 634 g/mol. The number of allylic oxidation sites excluding steroid dienone is 8. The van der Waals surface area contributed by atoms with Gasteiger partial charge in [0.15, 0.2) is 6.29 Å². The zero-order chi connectivity index (χ0) is 31.9. The number of unbranched alkanes of at least 4 members (excludes halogenated alkanes) is 2. The topological polar surface area (TPSA) is 178 Å². The summed E-state index contributed by atoms with van der Waals surface area (Å²) in [5.41, 5.74) is 0. The Morgan fingerprint density at radius 3 is 2.12 bits per heavy atom. The number of rotatable bonds is 23. The quantitative estimate of drug-likeness (QED) is 0.0559. The van der Waals surface area contributed by atoms with Crippen LogP contribution in [-0.2, 0) is 38.3 Å².